The molecular formula is C22H24ClN3O2. The molecule has 1 aromatic carbocycles. The first-order valence-electron chi connectivity index (χ1n) is 9.13. The molecule has 2 aromatic rings. The molecule has 2 atom stereocenters. The maximum Gasteiger partial charge on any atom is 0.266 e. The third-order valence-electron chi connectivity index (χ3n) is 4.98. The number of hydrazone groups is 1. The van der Waals surface area contributed by atoms with Gasteiger partial charge in [0.2, 0.25) is 0 Å². The Balaban J connectivity index is 2.04. The number of rotatable bonds is 4. The number of pyridine rings is 1. The Kier molecular flexibility index (Phi) is 5.31. The summed E-state index contributed by atoms with van der Waals surface area (Å²) >= 11 is 5.89. The monoisotopic (exact) mass is 397 g/mol. The number of hydrogen-bond donors (Lipinski definition) is 2. The van der Waals surface area contributed by atoms with Crippen LogP contribution in [0.4, 0.5) is 0 Å². The second-order valence-corrected chi connectivity index (χ2v) is 8.69. The molecule has 28 heavy (non-hydrogen) atoms. The van der Waals surface area contributed by atoms with Gasteiger partial charge in [-0.1, -0.05) is 68.8 Å². The molecule has 0 bridgehead atoms. The molecule has 1 aliphatic rings. The van der Waals surface area contributed by atoms with E-state index in [0.29, 0.717) is 5.69 Å². The summed E-state index contributed by atoms with van der Waals surface area (Å²) in [5.41, 5.74) is 4.27. The molecule has 0 aliphatic carbocycles. The van der Waals surface area contributed by atoms with Gasteiger partial charge in [-0.05, 0) is 35.6 Å². The minimum atomic E-state index is -0.823. The highest BCUT2D eigenvalue weighted by atomic mass is 35.5. The van der Waals surface area contributed by atoms with E-state index in [2.05, 4.69) is 48.4 Å². The smallest absolute Gasteiger partial charge is 0.266 e. The lowest BCUT2D eigenvalue weighted by molar-refractivity contribution is -0.123. The number of allylic oxidation sites excluding steroid dienone is 1. The number of aromatic nitrogens is 1. The third kappa shape index (κ3) is 4.09. The fraction of sp³-hybridized carbons (Fsp3) is 0.318. The highest BCUT2D eigenvalue weighted by Gasteiger charge is 2.33. The van der Waals surface area contributed by atoms with Crippen molar-refractivity contribution in [2.24, 2.45) is 10.5 Å². The lowest BCUT2D eigenvalue weighted by Gasteiger charge is -2.21. The minimum Gasteiger partial charge on any atom is -0.324 e. The van der Waals surface area contributed by atoms with Crippen molar-refractivity contribution in [1.82, 2.24) is 10.4 Å². The van der Waals surface area contributed by atoms with E-state index in [0.717, 1.165) is 5.56 Å². The van der Waals surface area contributed by atoms with E-state index in [1.54, 1.807) is 25.3 Å². The number of hydrogen-bond acceptors (Lipinski definition) is 3. The normalized spacial score (nSPS) is 20.5. The molecule has 1 amide bonds. The molecular weight excluding hydrogens is 374 g/mol. The van der Waals surface area contributed by atoms with Crippen LogP contribution in [-0.4, -0.2) is 17.1 Å². The number of nitrogens with one attached hydrogen (secondary N) is 2. The van der Waals surface area contributed by atoms with E-state index < -0.39 is 5.41 Å². The molecule has 2 heterocycles. The number of nitrogens with zero attached hydrogens (tertiary/aromatic N) is 1. The van der Waals surface area contributed by atoms with Crippen LogP contribution in [0.2, 0.25) is 5.02 Å². The molecule has 6 heteroatoms. The van der Waals surface area contributed by atoms with Crippen molar-refractivity contribution in [3.8, 4) is 0 Å². The first-order valence-corrected chi connectivity index (χ1v) is 9.51. The second kappa shape index (κ2) is 7.40. The Labute approximate surface area is 169 Å². The van der Waals surface area contributed by atoms with Crippen LogP contribution < -0.4 is 11.0 Å². The zero-order valence-electron chi connectivity index (χ0n) is 16.4. The van der Waals surface area contributed by atoms with E-state index in [4.69, 9.17) is 11.6 Å². The Morgan fingerprint density at radius 3 is 2.32 bits per heavy atom. The molecule has 3 rings (SSSR count). The standard InChI is InChI=1S/C22H24ClN3O2/c1-21(2,3)15-7-5-14(6-8-15)16(18-10-9-17(23)19(27)25-18)11-12-22(4)13-24-26-20(22)28/h5-13,16H,1-4H3,(H,25,27)(H,26,28)/b12-11+. The first kappa shape index (κ1) is 20.1. The largest absolute Gasteiger partial charge is 0.324 e. The van der Waals surface area contributed by atoms with Crippen molar-refractivity contribution in [3.63, 3.8) is 0 Å². The first-order chi connectivity index (χ1) is 13.1. The molecule has 0 spiro atoms. The fourth-order valence-corrected chi connectivity index (χ4v) is 3.17. The number of carbonyl (C=O) groups is 1. The second-order valence-electron chi connectivity index (χ2n) is 8.28. The van der Waals surface area contributed by atoms with Crippen LogP contribution in [0, 0.1) is 5.41 Å². The lowest BCUT2D eigenvalue weighted by Crippen LogP contribution is -2.29. The summed E-state index contributed by atoms with van der Waals surface area (Å²) in [4.78, 5) is 27.0. The van der Waals surface area contributed by atoms with Crippen LogP contribution in [0.3, 0.4) is 0 Å². The fourth-order valence-electron chi connectivity index (χ4n) is 3.06. The van der Waals surface area contributed by atoms with Gasteiger partial charge in [-0.2, -0.15) is 5.10 Å². The molecule has 2 N–H and O–H groups in total. The van der Waals surface area contributed by atoms with Crippen molar-refractivity contribution < 1.29 is 4.79 Å². The number of aromatic amines is 1. The van der Waals surface area contributed by atoms with Crippen molar-refractivity contribution in [3.05, 3.63) is 80.7 Å². The lowest BCUT2D eigenvalue weighted by atomic mass is 9.84. The highest BCUT2D eigenvalue weighted by Crippen LogP contribution is 2.30. The summed E-state index contributed by atoms with van der Waals surface area (Å²) in [6, 6.07) is 11.7. The Morgan fingerprint density at radius 1 is 1.11 bits per heavy atom. The van der Waals surface area contributed by atoms with E-state index in [1.807, 2.05) is 24.3 Å². The third-order valence-corrected chi connectivity index (χ3v) is 5.28. The topological polar surface area (TPSA) is 74.3 Å². The Morgan fingerprint density at radius 2 is 1.79 bits per heavy atom. The van der Waals surface area contributed by atoms with Gasteiger partial charge in [0.1, 0.15) is 10.4 Å². The Bertz CT molecular complexity index is 1000. The van der Waals surface area contributed by atoms with Gasteiger partial charge in [0.25, 0.3) is 11.5 Å². The van der Waals surface area contributed by atoms with Gasteiger partial charge in [-0.15, -0.1) is 0 Å². The molecule has 2 unspecified atom stereocenters. The van der Waals surface area contributed by atoms with E-state index in [9.17, 15) is 9.59 Å². The predicted molar refractivity (Wildman–Crippen MR) is 113 cm³/mol. The average Bonchev–Trinajstić information content (AvgIpc) is 2.97. The molecule has 0 saturated carbocycles. The van der Waals surface area contributed by atoms with Gasteiger partial charge in [-0.3, -0.25) is 9.59 Å². The molecule has 1 aromatic heterocycles. The molecule has 0 fully saturated rings. The number of halogens is 1. The minimum absolute atomic E-state index is 0.0460. The van der Waals surface area contributed by atoms with Crippen molar-refractivity contribution in [1.29, 1.82) is 0 Å². The van der Waals surface area contributed by atoms with Gasteiger partial charge in [0.15, 0.2) is 0 Å². The molecule has 146 valence electrons. The maximum absolute atomic E-state index is 12.1. The molecule has 5 nitrogen and oxygen atoms in total. The SMILES string of the molecule is CC1(/C=C/C(c2ccc(C(C)(C)C)cc2)c2ccc(Cl)c(=O)[nH]2)C=NNC1=O. The number of carbonyl (C=O) groups excluding carboxylic acids is 1. The summed E-state index contributed by atoms with van der Waals surface area (Å²) in [6.07, 6.45) is 5.31. The quantitative estimate of drug-likeness (QED) is 0.761. The zero-order valence-corrected chi connectivity index (χ0v) is 17.2. The summed E-state index contributed by atoms with van der Waals surface area (Å²) < 4.78 is 0. The molecule has 1 aliphatic heterocycles. The highest BCUT2D eigenvalue weighted by molar-refractivity contribution is 6.30. The van der Waals surface area contributed by atoms with Crippen LogP contribution in [-0.2, 0) is 10.2 Å². The summed E-state index contributed by atoms with van der Waals surface area (Å²) in [7, 11) is 0. The van der Waals surface area contributed by atoms with Crippen LogP contribution in [0.25, 0.3) is 0 Å². The van der Waals surface area contributed by atoms with E-state index in [-0.39, 0.29) is 27.8 Å². The van der Waals surface area contributed by atoms with Gasteiger partial charge in [0.05, 0.1) is 0 Å². The number of amides is 1. The summed E-state index contributed by atoms with van der Waals surface area (Å²) in [6.45, 7) is 8.28. The van der Waals surface area contributed by atoms with Crippen LogP contribution in [0.5, 0.6) is 0 Å². The van der Waals surface area contributed by atoms with Crippen molar-refractivity contribution >= 4 is 23.7 Å². The van der Waals surface area contributed by atoms with Crippen LogP contribution >= 0.6 is 11.6 Å². The van der Waals surface area contributed by atoms with Gasteiger partial charge >= 0.3 is 0 Å². The maximum atomic E-state index is 12.1. The van der Waals surface area contributed by atoms with Gasteiger partial charge in [-0.25, -0.2) is 5.43 Å². The summed E-state index contributed by atoms with van der Waals surface area (Å²) in [5.74, 6) is -0.423. The zero-order chi connectivity index (χ0) is 20.5. The van der Waals surface area contributed by atoms with E-state index in [1.165, 1.54) is 5.56 Å². The van der Waals surface area contributed by atoms with Gasteiger partial charge < -0.3 is 4.98 Å². The number of benzene rings is 1. The Hall–Kier alpha value is -2.66. The van der Waals surface area contributed by atoms with E-state index >= 15 is 0 Å². The molecule has 0 radical (unpaired) electrons. The van der Waals surface area contributed by atoms with Gasteiger partial charge in [0, 0.05) is 17.8 Å². The average molecular weight is 398 g/mol. The summed E-state index contributed by atoms with van der Waals surface area (Å²) in [5, 5.41) is 4.00. The predicted octanol–water partition coefficient (Wildman–Crippen LogP) is 4.14. The molecule has 0 saturated heterocycles. The van der Waals surface area contributed by atoms with Crippen LogP contribution in [0.1, 0.15) is 50.4 Å². The van der Waals surface area contributed by atoms with Crippen molar-refractivity contribution in [2.75, 3.05) is 0 Å². The van der Waals surface area contributed by atoms with Crippen LogP contribution in [0.15, 0.2) is 58.4 Å². The van der Waals surface area contributed by atoms with Crippen molar-refractivity contribution in [2.45, 2.75) is 39.0 Å². The number of H-pyrrole nitrogens is 1.